The lowest BCUT2D eigenvalue weighted by molar-refractivity contribution is -0.139. The molecule has 1 rings (SSSR count). The number of hydrogen-bond donors (Lipinski definition) is 0. The highest BCUT2D eigenvalue weighted by molar-refractivity contribution is 5.73. The number of esters is 1. The minimum absolute atomic E-state index is 0.0340. The molecule has 0 N–H and O–H groups in total. The maximum atomic E-state index is 11.6. The van der Waals surface area contributed by atoms with Gasteiger partial charge < -0.3 is 9.47 Å². The van der Waals surface area contributed by atoms with Crippen LogP contribution in [0.1, 0.15) is 26.5 Å². The Balaban J connectivity index is 2.68. The molecule has 6 heteroatoms. The van der Waals surface area contributed by atoms with Crippen LogP contribution in [-0.4, -0.2) is 34.3 Å². The van der Waals surface area contributed by atoms with Gasteiger partial charge in [-0.2, -0.15) is 0 Å². The Labute approximate surface area is 99.5 Å². The van der Waals surface area contributed by atoms with E-state index in [-0.39, 0.29) is 6.42 Å². The zero-order valence-corrected chi connectivity index (χ0v) is 10.4. The van der Waals surface area contributed by atoms with E-state index in [0.29, 0.717) is 5.69 Å². The van der Waals surface area contributed by atoms with Gasteiger partial charge in [-0.15, -0.1) is 0 Å². The predicted octanol–water partition coefficient (Wildman–Crippen LogP) is 1.38. The second-order valence-corrected chi connectivity index (χ2v) is 4.51. The summed E-state index contributed by atoms with van der Waals surface area (Å²) in [5, 5.41) is 0. The summed E-state index contributed by atoms with van der Waals surface area (Å²) in [6.45, 7) is 5.32. The van der Waals surface area contributed by atoms with Crippen LogP contribution in [0.2, 0.25) is 0 Å². The molecule has 17 heavy (non-hydrogen) atoms. The first-order valence-corrected chi connectivity index (χ1v) is 5.15. The Hall–Kier alpha value is -1.85. The minimum Gasteiger partial charge on any atom is -0.469 e. The number of hydrogen-bond acceptors (Lipinski definition) is 5. The largest absolute Gasteiger partial charge is 0.469 e. The number of carbonyl (C=O) groups is 2. The smallest absolute Gasteiger partial charge is 0.419 e. The number of aromatic nitrogens is 2. The molecule has 0 saturated heterocycles. The Bertz CT molecular complexity index is 417. The van der Waals surface area contributed by atoms with Crippen LogP contribution in [0.25, 0.3) is 0 Å². The van der Waals surface area contributed by atoms with Crippen molar-refractivity contribution in [3.8, 4) is 0 Å². The molecule has 0 saturated carbocycles. The molecule has 0 radical (unpaired) electrons. The Morgan fingerprint density at radius 1 is 1.41 bits per heavy atom. The van der Waals surface area contributed by atoms with Gasteiger partial charge in [-0.05, 0) is 20.8 Å². The van der Waals surface area contributed by atoms with Gasteiger partial charge in [-0.25, -0.2) is 14.3 Å². The van der Waals surface area contributed by atoms with Gasteiger partial charge in [0.1, 0.15) is 11.9 Å². The van der Waals surface area contributed by atoms with Crippen molar-refractivity contribution in [3.63, 3.8) is 0 Å². The molecule has 1 heterocycles. The third-order valence-corrected chi connectivity index (χ3v) is 1.79. The molecule has 1 aromatic heterocycles. The van der Waals surface area contributed by atoms with E-state index >= 15 is 0 Å². The monoisotopic (exact) mass is 240 g/mol. The van der Waals surface area contributed by atoms with E-state index in [1.807, 2.05) is 0 Å². The highest BCUT2D eigenvalue weighted by Crippen LogP contribution is 2.09. The Morgan fingerprint density at radius 3 is 2.59 bits per heavy atom. The Morgan fingerprint density at radius 2 is 2.06 bits per heavy atom. The summed E-state index contributed by atoms with van der Waals surface area (Å²) in [5.41, 5.74) is -0.105. The molecule has 1 aromatic rings. The molecular weight excluding hydrogens is 224 g/mol. The van der Waals surface area contributed by atoms with Crippen molar-refractivity contribution in [1.29, 1.82) is 0 Å². The van der Waals surface area contributed by atoms with Crippen molar-refractivity contribution in [3.05, 3.63) is 18.2 Å². The van der Waals surface area contributed by atoms with E-state index in [1.165, 1.54) is 24.2 Å². The second kappa shape index (κ2) is 4.99. The first-order chi connectivity index (χ1) is 7.81. The normalized spacial score (nSPS) is 11.1. The molecule has 0 unspecified atom stereocenters. The molecule has 0 amide bonds. The predicted molar refractivity (Wildman–Crippen MR) is 59.6 cm³/mol. The lowest BCUT2D eigenvalue weighted by atomic mass is 10.2. The molecule has 94 valence electrons. The van der Waals surface area contributed by atoms with Gasteiger partial charge in [0.05, 0.1) is 19.2 Å². The van der Waals surface area contributed by atoms with Gasteiger partial charge in [-0.1, -0.05) is 0 Å². The molecule has 0 aliphatic carbocycles. The quantitative estimate of drug-likeness (QED) is 0.730. The number of methoxy groups -OCH3 is 1. The number of carbonyl (C=O) groups excluding carboxylic acids is 2. The average Bonchev–Trinajstić information content (AvgIpc) is 2.63. The summed E-state index contributed by atoms with van der Waals surface area (Å²) in [6, 6.07) is 0. The fourth-order valence-electron chi connectivity index (χ4n) is 1.09. The number of imidazole rings is 1. The average molecular weight is 240 g/mol. The number of nitrogens with zero attached hydrogens (tertiary/aromatic N) is 2. The van der Waals surface area contributed by atoms with Crippen molar-refractivity contribution in [2.75, 3.05) is 7.11 Å². The molecule has 0 aliphatic rings. The molecule has 0 fully saturated rings. The van der Waals surface area contributed by atoms with Gasteiger partial charge in [0, 0.05) is 6.20 Å². The van der Waals surface area contributed by atoms with Crippen LogP contribution >= 0.6 is 0 Å². The summed E-state index contributed by atoms with van der Waals surface area (Å²) in [6.07, 6.45) is 2.27. The van der Waals surface area contributed by atoms with E-state index in [0.717, 1.165) is 0 Å². The molecule has 0 bridgehead atoms. The van der Waals surface area contributed by atoms with Crippen LogP contribution in [0.15, 0.2) is 12.5 Å². The fraction of sp³-hybridized carbons (Fsp3) is 0.545. The van der Waals surface area contributed by atoms with Crippen molar-refractivity contribution in [2.24, 2.45) is 0 Å². The lowest BCUT2D eigenvalue weighted by Crippen LogP contribution is -2.26. The van der Waals surface area contributed by atoms with Crippen LogP contribution in [0.5, 0.6) is 0 Å². The van der Waals surface area contributed by atoms with E-state index in [4.69, 9.17) is 4.74 Å². The summed E-state index contributed by atoms with van der Waals surface area (Å²) in [5.74, 6) is -0.403. The van der Waals surface area contributed by atoms with Crippen molar-refractivity contribution >= 4 is 12.1 Å². The maximum Gasteiger partial charge on any atom is 0.419 e. The molecule has 6 nitrogen and oxygen atoms in total. The van der Waals surface area contributed by atoms with E-state index in [2.05, 4.69) is 9.72 Å². The number of rotatable bonds is 2. The Kier molecular flexibility index (Phi) is 3.88. The molecule has 0 aromatic carbocycles. The number of ether oxygens (including phenoxy) is 2. The van der Waals surface area contributed by atoms with Crippen LogP contribution in [0.3, 0.4) is 0 Å². The summed E-state index contributed by atoms with van der Waals surface area (Å²) in [4.78, 5) is 26.5. The first-order valence-electron chi connectivity index (χ1n) is 5.15. The molecule has 0 aliphatic heterocycles. The van der Waals surface area contributed by atoms with Gasteiger partial charge in [-0.3, -0.25) is 4.79 Å². The van der Waals surface area contributed by atoms with Gasteiger partial charge in [0.25, 0.3) is 0 Å². The summed E-state index contributed by atoms with van der Waals surface area (Å²) in [7, 11) is 1.30. The van der Waals surface area contributed by atoms with E-state index in [9.17, 15) is 9.59 Å². The van der Waals surface area contributed by atoms with E-state index < -0.39 is 17.7 Å². The zero-order chi connectivity index (χ0) is 13.1. The molecule has 0 spiro atoms. The van der Waals surface area contributed by atoms with Crippen LogP contribution in [0, 0.1) is 0 Å². The summed E-state index contributed by atoms with van der Waals surface area (Å²) < 4.78 is 10.8. The maximum absolute atomic E-state index is 11.6. The topological polar surface area (TPSA) is 70.4 Å². The molecule has 0 atom stereocenters. The van der Waals surface area contributed by atoms with Crippen molar-refractivity contribution in [1.82, 2.24) is 9.55 Å². The fourth-order valence-corrected chi connectivity index (χ4v) is 1.09. The van der Waals surface area contributed by atoms with E-state index in [1.54, 1.807) is 20.8 Å². The van der Waals surface area contributed by atoms with Crippen LogP contribution in [-0.2, 0) is 20.7 Å². The van der Waals surface area contributed by atoms with Gasteiger partial charge in [0.15, 0.2) is 0 Å². The van der Waals surface area contributed by atoms with Gasteiger partial charge >= 0.3 is 12.1 Å². The van der Waals surface area contributed by atoms with Crippen LogP contribution in [0.4, 0.5) is 4.79 Å². The zero-order valence-electron chi connectivity index (χ0n) is 10.4. The third kappa shape index (κ3) is 4.26. The highest BCUT2D eigenvalue weighted by atomic mass is 16.6. The minimum atomic E-state index is -0.566. The van der Waals surface area contributed by atoms with Crippen molar-refractivity contribution < 1.29 is 19.1 Å². The first kappa shape index (κ1) is 13.2. The standard InChI is InChI=1S/C11H16N2O4/c1-11(2,3)17-10(15)13-6-8(12-7-13)5-9(14)16-4/h6-7H,5H2,1-4H3. The summed E-state index contributed by atoms with van der Waals surface area (Å²) >= 11 is 0. The SMILES string of the molecule is COC(=O)Cc1cn(C(=O)OC(C)(C)C)cn1. The lowest BCUT2D eigenvalue weighted by Gasteiger charge is -2.19. The highest BCUT2D eigenvalue weighted by Gasteiger charge is 2.18. The van der Waals surface area contributed by atoms with Crippen LogP contribution < -0.4 is 0 Å². The third-order valence-electron chi connectivity index (χ3n) is 1.79. The second-order valence-electron chi connectivity index (χ2n) is 4.51. The van der Waals surface area contributed by atoms with Crippen molar-refractivity contribution in [2.45, 2.75) is 32.8 Å². The van der Waals surface area contributed by atoms with Gasteiger partial charge in [0.2, 0.25) is 0 Å². The molecular formula is C11H16N2O4.